The summed E-state index contributed by atoms with van der Waals surface area (Å²) in [6.07, 6.45) is 9.31. The molecule has 19 aromatic carbocycles. The number of para-hydroxylation sites is 4. The molecular formula is C114H76BrN4+. The largest absolute Gasteiger partial charge is 0.355 e. The molecule has 0 aliphatic heterocycles. The SMILES string of the molecule is Brc1ccc2c3ccccc3n(-c3ccccc3)c2c1.[C+]1=Cc2cc(Nc3ccc4c(c3)C(c3ccccc3)(c3ccccc3)c3cc5ccccc5cc3-4)ccc2C=C1.c1ccc(-n2c3ccccc3c3ccc(N(c4ccc5c(c4)C(c4ccccc4)(c4ccccc4)c4cc6ccccc6cc4-5)c4ccc5ccccc5c4)cc32)cc1. The second-order valence-corrected chi connectivity index (χ2v) is 32.1. The molecule has 3 aliphatic carbocycles. The first-order valence-electron chi connectivity index (χ1n) is 40.8. The number of fused-ring (bicyclic) bond motifs is 16. The molecule has 0 radical (unpaired) electrons. The third-order valence-corrected chi connectivity index (χ3v) is 25.1. The fourth-order valence-corrected chi connectivity index (χ4v) is 19.8. The van der Waals surface area contributed by atoms with Crippen LogP contribution in [0.3, 0.4) is 0 Å². The van der Waals surface area contributed by atoms with Gasteiger partial charge in [0, 0.05) is 72.3 Å². The van der Waals surface area contributed by atoms with Gasteiger partial charge in [0.2, 0.25) is 0 Å². The molecule has 0 amide bonds. The van der Waals surface area contributed by atoms with Gasteiger partial charge in [-0.3, -0.25) is 0 Å². The molecule has 0 atom stereocenters. The third kappa shape index (κ3) is 11.9. The Morgan fingerprint density at radius 3 is 1.18 bits per heavy atom. The van der Waals surface area contributed by atoms with E-state index in [1.54, 1.807) is 0 Å². The minimum Gasteiger partial charge on any atom is -0.355 e. The Bertz CT molecular complexity index is 7490. The topological polar surface area (TPSA) is 25.1 Å². The molecule has 2 heterocycles. The number of nitrogens with one attached hydrogen (secondary N) is 1. The summed E-state index contributed by atoms with van der Waals surface area (Å²) in [5.74, 6) is 0. The quantitative estimate of drug-likeness (QED) is 0.131. The first-order chi connectivity index (χ1) is 58.9. The lowest BCUT2D eigenvalue weighted by molar-refractivity contribution is 0.769. The van der Waals surface area contributed by atoms with Crippen molar-refractivity contribution in [2.45, 2.75) is 10.8 Å². The second kappa shape index (κ2) is 29.4. The zero-order chi connectivity index (χ0) is 79.0. The van der Waals surface area contributed by atoms with Crippen molar-refractivity contribution in [2.24, 2.45) is 0 Å². The fourth-order valence-electron chi connectivity index (χ4n) is 19.4. The summed E-state index contributed by atoms with van der Waals surface area (Å²) in [6, 6.07) is 159. The van der Waals surface area contributed by atoms with Gasteiger partial charge in [-0.25, -0.2) is 0 Å². The molecule has 3 aliphatic rings. The van der Waals surface area contributed by atoms with E-state index in [1.165, 1.54) is 160 Å². The number of benzene rings is 19. The van der Waals surface area contributed by atoms with Crippen molar-refractivity contribution in [2.75, 3.05) is 10.2 Å². The highest BCUT2D eigenvalue weighted by Crippen LogP contribution is 2.60. The van der Waals surface area contributed by atoms with Crippen molar-refractivity contribution in [1.82, 2.24) is 9.13 Å². The molecule has 0 unspecified atom stereocenters. The van der Waals surface area contributed by atoms with E-state index >= 15 is 0 Å². The van der Waals surface area contributed by atoms with Gasteiger partial charge < -0.3 is 19.4 Å². The molecule has 2 aromatic heterocycles. The van der Waals surface area contributed by atoms with Gasteiger partial charge in [-0.1, -0.05) is 313 Å². The molecular weight excluding hydrogens is 1510 g/mol. The molecule has 0 saturated heterocycles. The lowest BCUT2D eigenvalue weighted by Crippen LogP contribution is -2.28. The van der Waals surface area contributed by atoms with Gasteiger partial charge in [0.15, 0.2) is 0 Å². The number of halogens is 1. The Morgan fingerprint density at radius 2 is 0.639 bits per heavy atom. The van der Waals surface area contributed by atoms with Crippen LogP contribution in [-0.2, 0) is 10.8 Å². The van der Waals surface area contributed by atoms with Gasteiger partial charge in [-0.15, -0.1) is 0 Å². The van der Waals surface area contributed by atoms with Gasteiger partial charge in [-0.2, -0.15) is 0 Å². The molecule has 558 valence electrons. The number of anilines is 5. The van der Waals surface area contributed by atoms with Crippen LogP contribution in [0.5, 0.6) is 0 Å². The van der Waals surface area contributed by atoms with Crippen LogP contribution >= 0.6 is 15.9 Å². The third-order valence-electron chi connectivity index (χ3n) is 24.6. The molecule has 5 heteroatoms. The first kappa shape index (κ1) is 70.6. The van der Waals surface area contributed by atoms with Crippen molar-refractivity contribution in [1.29, 1.82) is 0 Å². The Kier molecular flexibility index (Phi) is 17.4. The van der Waals surface area contributed by atoms with Gasteiger partial charge >= 0.3 is 0 Å². The predicted molar refractivity (Wildman–Crippen MR) is 504 cm³/mol. The van der Waals surface area contributed by atoms with Gasteiger partial charge in [0.25, 0.3) is 0 Å². The van der Waals surface area contributed by atoms with Gasteiger partial charge in [0.05, 0.1) is 55.8 Å². The van der Waals surface area contributed by atoms with E-state index in [-0.39, 0.29) is 0 Å². The first-order valence-corrected chi connectivity index (χ1v) is 41.6. The average Bonchev–Trinajstić information content (AvgIpc) is 1.55. The van der Waals surface area contributed by atoms with E-state index in [1.807, 2.05) is 18.2 Å². The second-order valence-electron chi connectivity index (χ2n) is 31.2. The van der Waals surface area contributed by atoms with Crippen molar-refractivity contribution < 1.29 is 0 Å². The van der Waals surface area contributed by atoms with E-state index in [4.69, 9.17) is 0 Å². The molecule has 24 rings (SSSR count). The van der Waals surface area contributed by atoms with Crippen molar-refractivity contribution in [3.05, 3.63) is 509 Å². The molecule has 119 heavy (non-hydrogen) atoms. The highest BCUT2D eigenvalue weighted by Gasteiger charge is 2.48. The maximum atomic E-state index is 3.71. The van der Waals surface area contributed by atoms with Crippen LogP contribution in [0.2, 0.25) is 0 Å². The van der Waals surface area contributed by atoms with Crippen LogP contribution in [0.1, 0.15) is 55.6 Å². The molecule has 0 fully saturated rings. The van der Waals surface area contributed by atoms with Crippen molar-refractivity contribution >= 4 is 132 Å². The minimum absolute atomic E-state index is 0.437. The highest BCUT2D eigenvalue weighted by atomic mass is 79.9. The highest BCUT2D eigenvalue weighted by molar-refractivity contribution is 9.10. The lowest BCUT2D eigenvalue weighted by atomic mass is 9.67. The summed E-state index contributed by atoms with van der Waals surface area (Å²) in [7, 11) is 0. The smallest absolute Gasteiger partial charge is 0.111 e. The summed E-state index contributed by atoms with van der Waals surface area (Å²) in [5.41, 5.74) is 29.4. The van der Waals surface area contributed by atoms with Crippen LogP contribution in [0.4, 0.5) is 28.4 Å². The lowest BCUT2D eigenvalue weighted by Gasteiger charge is -2.35. The average molecular weight is 1580 g/mol. The van der Waals surface area contributed by atoms with Crippen molar-refractivity contribution in [3.63, 3.8) is 0 Å². The zero-order valence-electron chi connectivity index (χ0n) is 65.0. The molecule has 0 saturated carbocycles. The van der Waals surface area contributed by atoms with E-state index < -0.39 is 10.8 Å². The van der Waals surface area contributed by atoms with Crippen LogP contribution < -0.4 is 10.2 Å². The summed E-state index contributed by atoms with van der Waals surface area (Å²) in [6.45, 7) is 0. The number of hydrogen-bond acceptors (Lipinski definition) is 2. The normalized spacial score (nSPS) is 12.9. The monoisotopic (exact) mass is 1580 g/mol. The van der Waals surface area contributed by atoms with Crippen LogP contribution in [0.25, 0.3) is 122 Å². The number of nitrogens with zero attached hydrogens (tertiary/aromatic N) is 3. The van der Waals surface area contributed by atoms with E-state index in [0.29, 0.717) is 0 Å². The molecule has 1 N–H and O–H groups in total. The number of rotatable bonds is 11. The molecule has 4 nitrogen and oxygen atoms in total. The maximum Gasteiger partial charge on any atom is 0.111 e. The Hall–Kier alpha value is -15.0. The van der Waals surface area contributed by atoms with E-state index in [0.717, 1.165) is 38.6 Å². The fraction of sp³-hybridized carbons (Fsp3) is 0.0175. The molecule has 0 spiro atoms. The predicted octanol–water partition coefficient (Wildman–Crippen LogP) is 30.3. The Balaban J connectivity index is 0.000000121. The van der Waals surface area contributed by atoms with Crippen LogP contribution in [0, 0.1) is 6.08 Å². The minimum atomic E-state index is -0.550. The number of aromatic nitrogens is 2. The Morgan fingerprint density at radius 1 is 0.261 bits per heavy atom. The van der Waals surface area contributed by atoms with E-state index in [2.05, 4.69) is 478 Å². The summed E-state index contributed by atoms with van der Waals surface area (Å²) in [4.78, 5) is 2.46. The van der Waals surface area contributed by atoms with Crippen molar-refractivity contribution in [3.8, 4) is 33.6 Å². The maximum absolute atomic E-state index is 3.71. The van der Waals surface area contributed by atoms with Crippen LogP contribution in [-0.4, -0.2) is 9.13 Å². The number of hydrogen-bond donors (Lipinski definition) is 1. The number of allylic oxidation sites excluding steroid dienone is 2. The summed E-state index contributed by atoms with van der Waals surface area (Å²) in [5, 5.41) is 16.2. The van der Waals surface area contributed by atoms with E-state index in [9.17, 15) is 0 Å². The Labute approximate surface area is 700 Å². The molecule has 0 bridgehead atoms. The molecule has 21 aromatic rings. The van der Waals surface area contributed by atoms with Crippen LogP contribution in [0.15, 0.2) is 447 Å². The zero-order valence-corrected chi connectivity index (χ0v) is 66.6. The summed E-state index contributed by atoms with van der Waals surface area (Å²) < 4.78 is 5.83. The standard InChI is InChI=1S/C57H38N2.C39H26N.C18H12BrN/c1-4-20-43(21-5-1)57(44-22-6-2-7-23-44)53-36-42-19-13-12-18-41(42)35-52(53)49-32-30-47(37-54(49)57)58(46-29-28-39-16-10-11-17-40(39)34-46)48-31-33-51-50-26-14-15-27-55(50)59(56(51)38-48)45-24-8-3-9-25-45;1-3-15-31(16-4-1)39(32-17-5-2-6-18-32)37-25-30-14-10-9-13-29(30)24-36(37)35-22-21-34(26-38(35)39)40-33-20-19-27-11-7-8-12-28(27)23-33;19-13-10-11-16-15-8-4-5-9-17(15)20(18(16)12-13)14-6-2-1-3-7-14/h1-38H;1-7,9-26,40H;1-12H/q;+1;. The van der Waals surface area contributed by atoms with Gasteiger partial charge in [-0.05, 0) is 233 Å². The van der Waals surface area contributed by atoms with Gasteiger partial charge in [0.1, 0.15) is 12.2 Å². The summed E-state index contributed by atoms with van der Waals surface area (Å²) >= 11 is 3.58.